The normalized spacial score (nSPS) is 14.8. The Morgan fingerprint density at radius 1 is 1.11 bits per heavy atom. The molecule has 2 heterocycles. The summed E-state index contributed by atoms with van der Waals surface area (Å²) in [7, 11) is 3.77. The summed E-state index contributed by atoms with van der Waals surface area (Å²) in [5.41, 5.74) is 2.34. The summed E-state index contributed by atoms with van der Waals surface area (Å²) in [4.78, 5) is 25.3. The summed E-state index contributed by atoms with van der Waals surface area (Å²) in [6.07, 6.45) is 3.02. The molecule has 8 heteroatoms. The number of amides is 1. The highest BCUT2D eigenvalue weighted by molar-refractivity contribution is 6.03. The van der Waals surface area contributed by atoms with Gasteiger partial charge in [0, 0.05) is 63.6 Å². The van der Waals surface area contributed by atoms with Crippen LogP contribution in [0.5, 0.6) is 0 Å². The van der Waals surface area contributed by atoms with E-state index in [1.54, 1.807) is 7.11 Å². The van der Waals surface area contributed by atoms with Crippen LogP contribution in [0.4, 0.5) is 17.3 Å². The topological polar surface area (TPSA) is 82.6 Å². The molecule has 0 bridgehead atoms. The maximum atomic E-state index is 12.4. The predicted octanol–water partition coefficient (Wildman–Crippen LogP) is 1.54. The van der Waals surface area contributed by atoms with Gasteiger partial charge in [0.05, 0.1) is 12.2 Å². The molecule has 0 atom stereocenters. The lowest BCUT2D eigenvalue weighted by molar-refractivity contribution is 0.102. The van der Waals surface area contributed by atoms with Crippen molar-refractivity contribution >= 4 is 23.2 Å². The van der Waals surface area contributed by atoms with Crippen molar-refractivity contribution in [1.29, 1.82) is 0 Å². The molecule has 0 radical (unpaired) electrons. The molecule has 1 saturated heterocycles. The Labute approximate surface area is 159 Å². The summed E-state index contributed by atoms with van der Waals surface area (Å²) in [6.45, 7) is 5.34. The molecule has 1 aliphatic rings. The van der Waals surface area contributed by atoms with Crippen molar-refractivity contribution in [3.05, 3.63) is 42.2 Å². The first kappa shape index (κ1) is 19.1. The van der Waals surface area contributed by atoms with E-state index < -0.39 is 0 Å². The van der Waals surface area contributed by atoms with Gasteiger partial charge in [0.2, 0.25) is 5.95 Å². The molecule has 1 aromatic carbocycles. The molecule has 0 unspecified atom stereocenters. The van der Waals surface area contributed by atoms with Gasteiger partial charge in [-0.2, -0.15) is 0 Å². The zero-order valence-electron chi connectivity index (χ0n) is 15.8. The van der Waals surface area contributed by atoms with Crippen LogP contribution < -0.4 is 15.5 Å². The van der Waals surface area contributed by atoms with E-state index in [1.165, 1.54) is 18.1 Å². The Kier molecular flexibility index (Phi) is 6.56. The van der Waals surface area contributed by atoms with Crippen molar-refractivity contribution in [3.8, 4) is 0 Å². The molecule has 2 aromatic rings. The fourth-order valence-corrected chi connectivity index (χ4v) is 2.82. The van der Waals surface area contributed by atoms with E-state index in [0.717, 1.165) is 31.9 Å². The summed E-state index contributed by atoms with van der Waals surface area (Å²) in [5.74, 6) is 0.242. The first-order valence-corrected chi connectivity index (χ1v) is 9.05. The molecular weight excluding hydrogens is 344 g/mol. The van der Waals surface area contributed by atoms with E-state index >= 15 is 0 Å². The zero-order valence-corrected chi connectivity index (χ0v) is 15.8. The molecule has 1 aromatic heterocycles. The number of nitrogens with one attached hydrogen (secondary N) is 2. The lowest BCUT2D eigenvalue weighted by atomic mass is 10.2. The van der Waals surface area contributed by atoms with E-state index in [4.69, 9.17) is 4.74 Å². The first-order valence-electron chi connectivity index (χ1n) is 9.05. The Hall–Kier alpha value is -2.71. The number of rotatable bonds is 7. The fraction of sp³-hybridized carbons (Fsp3) is 0.421. The van der Waals surface area contributed by atoms with Crippen LogP contribution in [0.2, 0.25) is 0 Å². The highest BCUT2D eigenvalue weighted by Gasteiger charge is 2.14. The van der Waals surface area contributed by atoms with Crippen LogP contribution in [-0.4, -0.2) is 74.3 Å². The summed E-state index contributed by atoms with van der Waals surface area (Å²) in [6, 6.07) is 7.93. The zero-order chi connectivity index (χ0) is 19.1. The quantitative estimate of drug-likeness (QED) is 0.716. The van der Waals surface area contributed by atoms with Crippen LogP contribution in [-0.2, 0) is 4.74 Å². The third kappa shape index (κ3) is 5.38. The Balaban J connectivity index is 1.54. The third-order valence-electron chi connectivity index (χ3n) is 4.50. The standard InChI is InChI=1S/C19H26N6O2/c1-24-8-10-25(11-9-24)17-5-3-16(4-6-17)23-18(26)15-13-21-19(22-14-15)20-7-12-27-2/h3-6,13-14H,7-12H2,1-2H3,(H,23,26)(H,20,21,22). The highest BCUT2D eigenvalue weighted by Crippen LogP contribution is 2.19. The van der Waals surface area contributed by atoms with Crippen molar-refractivity contribution < 1.29 is 9.53 Å². The van der Waals surface area contributed by atoms with Gasteiger partial charge in [0.1, 0.15) is 0 Å². The molecule has 3 rings (SSSR count). The number of methoxy groups -OCH3 is 1. The molecule has 1 amide bonds. The minimum atomic E-state index is -0.231. The van der Waals surface area contributed by atoms with Crippen LogP contribution in [0.1, 0.15) is 10.4 Å². The number of nitrogens with zero attached hydrogens (tertiary/aromatic N) is 4. The van der Waals surface area contributed by atoms with Crippen LogP contribution >= 0.6 is 0 Å². The van der Waals surface area contributed by atoms with Gasteiger partial charge in [0.15, 0.2) is 0 Å². The maximum Gasteiger partial charge on any atom is 0.258 e. The number of benzene rings is 1. The van der Waals surface area contributed by atoms with Crippen molar-refractivity contribution in [1.82, 2.24) is 14.9 Å². The van der Waals surface area contributed by atoms with Crippen molar-refractivity contribution in [3.63, 3.8) is 0 Å². The summed E-state index contributed by atoms with van der Waals surface area (Å²) in [5, 5.41) is 5.90. The average Bonchev–Trinajstić information content (AvgIpc) is 2.70. The minimum absolute atomic E-state index is 0.231. The number of hydrogen-bond acceptors (Lipinski definition) is 7. The van der Waals surface area contributed by atoms with Crippen molar-refractivity contribution in [2.24, 2.45) is 0 Å². The van der Waals surface area contributed by atoms with Gasteiger partial charge in [-0.1, -0.05) is 0 Å². The molecule has 1 fully saturated rings. The predicted molar refractivity (Wildman–Crippen MR) is 107 cm³/mol. The number of aromatic nitrogens is 2. The number of likely N-dealkylation sites (N-methyl/N-ethyl adjacent to an activating group) is 1. The van der Waals surface area contributed by atoms with Crippen LogP contribution in [0, 0.1) is 0 Å². The van der Waals surface area contributed by atoms with Crippen LogP contribution in [0.3, 0.4) is 0 Å². The molecule has 1 aliphatic heterocycles. The highest BCUT2D eigenvalue weighted by atomic mass is 16.5. The maximum absolute atomic E-state index is 12.4. The van der Waals surface area contributed by atoms with Gasteiger partial charge in [0.25, 0.3) is 5.91 Å². The summed E-state index contributed by atoms with van der Waals surface area (Å²) < 4.78 is 4.96. The smallest absolute Gasteiger partial charge is 0.258 e. The second-order valence-corrected chi connectivity index (χ2v) is 6.51. The number of anilines is 3. The van der Waals surface area contributed by atoms with Gasteiger partial charge >= 0.3 is 0 Å². The molecule has 8 nitrogen and oxygen atoms in total. The lowest BCUT2D eigenvalue weighted by Crippen LogP contribution is -2.44. The van der Waals surface area contributed by atoms with Crippen molar-refractivity contribution in [2.75, 3.05) is 69.0 Å². The van der Waals surface area contributed by atoms with Crippen LogP contribution in [0.25, 0.3) is 0 Å². The molecule has 2 N–H and O–H groups in total. The number of carbonyl (C=O) groups excluding carboxylic acids is 1. The molecule has 0 spiro atoms. The van der Waals surface area contributed by atoms with Crippen LogP contribution in [0.15, 0.2) is 36.7 Å². The van der Waals surface area contributed by atoms with Gasteiger partial charge in [-0.25, -0.2) is 9.97 Å². The SMILES string of the molecule is COCCNc1ncc(C(=O)Nc2ccc(N3CCN(C)CC3)cc2)cn1. The van der Waals surface area contributed by atoms with E-state index in [1.807, 2.05) is 24.3 Å². The lowest BCUT2D eigenvalue weighted by Gasteiger charge is -2.34. The number of ether oxygens (including phenoxy) is 1. The Morgan fingerprint density at radius 2 is 1.78 bits per heavy atom. The van der Waals surface area contributed by atoms with Gasteiger partial charge in [-0.3, -0.25) is 4.79 Å². The first-order chi connectivity index (χ1) is 13.2. The monoisotopic (exact) mass is 370 g/mol. The second-order valence-electron chi connectivity index (χ2n) is 6.51. The second kappa shape index (κ2) is 9.29. The fourth-order valence-electron chi connectivity index (χ4n) is 2.82. The molecule has 0 aliphatic carbocycles. The van der Waals surface area contributed by atoms with Gasteiger partial charge in [-0.15, -0.1) is 0 Å². The van der Waals surface area contributed by atoms with E-state index in [-0.39, 0.29) is 5.91 Å². The molecule has 27 heavy (non-hydrogen) atoms. The van der Waals surface area contributed by atoms with E-state index in [0.29, 0.717) is 24.7 Å². The molecule has 0 saturated carbocycles. The largest absolute Gasteiger partial charge is 0.383 e. The van der Waals surface area contributed by atoms with E-state index in [9.17, 15) is 4.79 Å². The number of hydrogen-bond donors (Lipinski definition) is 2. The van der Waals surface area contributed by atoms with Gasteiger partial charge < -0.3 is 25.2 Å². The Bertz CT molecular complexity index is 727. The summed E-state index contributed by atoms with van der Waals surface area (Å²) >= 11 is 0. The number of piperazine rings is 1. The molecule has 144 valence electrons. The average molecular weight is 370 g/mol. The van der Waals surface area contributed by atoms with Crippen molar-refractivity contribution in [2.45, 2.75) is 0 Å². The van der Waals surface area contributed by atoms with Gasteiger partial charge in [-0.05, 0) is 31.3 Å². The third-order valence-corrected chi connectivity index (χ3v) is 4.50. The number of carbonyl (C=O) groups is 1. The molecular formula is C19H26N6O2. The minimum Gasteiger partial charge on any atom is -0.383 e. The Morgan fingerprint density at radius 3 is 2.41 bits per heavy atom. The van der Waals surface area contributed by atoms with E-state index in [2.05, 4.69) is 37.4 Å².